The van der Waals surface area contributed by atoms with E-state index in [4.69, 9.17) is 4.74 Å². The van der Waals surface area contributed by atoms with Crippen LogP contribution in [0.25, 0.3) is 0 Å². The number of carbonyl (C=O) groups excluding carboxylic acids is 2. The molecule has 2 N–H and O–H groups in total. The molecule has 2 aromatic rings. The van der Waals surface area contributed by atoms with Crippen molar-refractivity contribution < 1.29 is 19.4 Å². The van der Waals surface area contributed by atoms with Crippen LogP contribution in [0, 0.1) is 26.2 Å². The van der Waals surface area contributed by atoms with Gasteiger partial charge in [-0.3, -0.25) is 9.59 Å². The van der Waals surface area contributed by atoms with Crippen LogP contribution in [-0.4, -0.2) is 29.9 Å². The smallest absolute Gasteiger partial charge is 0.226 e. The van der Waals surface area contributed by atoms with Crippen molar-refractivity contribution in [2.24, 2.45) is 5.41 Å². The van der Waals surface area contributed by atoms with Crippen molar-refractivity contribution in [1.29, 1.82) is 0 Å². The molecule has 0 bridgehead atoms. The predicted octanol–water partition coefficient (Wildman–Crippen LogP) is 4.50. The van der Waals surface area contributed by atoms with Gasteiger partial charge in [0.05, 0.1) is 13.2 Å². The minimum absolute atomic E-state index is 0.0640. The van der Waals surface area contributed by atoms with Crippen LogP contribution in [0.15, 0.2) is 36.4 Å². The van der Waals surface area contributed by atoms with Crippen LogP contribution >= 0.6 is 0 Å². The van der Waals surface area contributed by atoms with Crippen molar-refractivity contribution in [3.63, 3.8) is 0 Å². The molecule has 0 spiro atoms. The largest absolute Gasteiger partial charge is 0.508 e. The van der Waals surface area contributed by atoms with Crippen molar-refractivity contribution in [1.82, 2.24) is 5.32 Å². The molecule has 0 saturated heterocycles. The van der Waals surface area contributed by atoms with Gasteiger partial charge in [0.2, 0.25) is 5.91 Å². The Bertz CT molecular complexity index is 886. The van der Waals surface area contributed by atoms with E-state index in [2.05, 4.69) is 11.4 Å². The van der Waals surface area contributed by atoms with E-state index in [0.29, 0.717) is 24.2 Å². The van der Waals surface area contributed by atoms with E-state index in [1.165, 1.54) is 6.07 Å². The second-order valence-corrected chi connectivity index (χ2v) is 8.21. The van der Waals surface area contributed by atoms with Crippen LogP contribution in [0.3, 0.4) is 0 Å². The van der Waals surface area contributed by atoms with Crippen molar-refractivity contribution in [3.05, 3.63) is 58.7 Å². The number of nitrogens with one attached hydrogen (secondary N) is 1. The quantitative estimate of drug-likeness (QED) is 0.482. The normalized spacial score (nSPS) is 11.2. The van der Waals surface area contributed by atoms with E-state index in [0.717, 1.165) is 23.3 Å². The maximum atomic E-state index is 12.5. The zero-order valence-corrected chi connectivity index (χ0v) is 18.0. The molecule has 0 atom stereocenters. The van der Waals surface area contributed by atoms with Crippen LogP contribution in [0.5, 0.6) is 11.5 Å². The lowest BCUT2D eigenvalue weighted by molar-refractivity contribution is -0.129. The highest BCUT2D eigenvalue weighted by Gasteiger charge is 2.27. The van der Waals surface area contributed by atoms with Crippen molar-refractivity contribution in [2.45, 2.75) is 47.5 Å². The zero-order valence-electron chi connectivity index (χ0n) is 18.0. The lowest BCUT2D eigenvalue weighted by atomic mass is 9.87. The third-order valence-corrected chi connectivity index (χ3v) is 5.09. The number of phenols is 1. The SMILES string of the molecule is Cc1ccc(C)c(OCCCC(C)(C)C(=O)NCC(=O)c2ccc(O)c(C)c2)c1. The molecule has 5 nitrogen and oxygen atoms in total. The van der Waals surface area contributed by atoms with Gasteiger partial charge in [-0.05, 0) is 74.6 Å². The minimum Gasteiger partial charge on any atom is -0.508 e. The summed E-state index contributed by atoms with van der Waals surface area (Å²) in [6.45, 7) is 9.98. The number of Topliss-reactive ketones (excluding diaryl/α,β-unsaturated/α-hetero) is 1. The van der Waals surface area contributed by atoms with Crippen LogP contribution in [0.1, 0.15) is 53.7 Å². The van der Waals surface area contributed by atoms with Gasteiger partial charge >= 0.3 is 0 Å². The number of amides is 1. The summed E-state index contributed by atoms with van der Waals surface area (Å²) in [5, 5.41) is 12.3. The molecular formula is C24H31NO4. The van der Waals surface area contributed by atoms with Gasteiger partial charge < -0.3 is 15.2 Å². The summed E-state index contributed by atoms with van der Waals surface area (Å²) >= 11 is 0. The fourth-order valence-corrected chi connectivity index (χ4v) is 3.00. The highest BCUT2D eigenvalue weighted by atomic mass is 16.5. The number of ketones is 1. The highest BCUT2D eigenvalue weighted by Crippen LogP contribution is 2.24. The number of hydrogen-bond acceptors (Lipinski definition) is 4. The molecule has 2 rings (SSSR count). The van der Waals surface area contributed by atoms with Crippen molar-refractivity contribution >= 4 is 11.7 Å². The lowest BCUT2D eigenvalue weighted by Crippen LogP contribution is -2.39. The van der Waals surface area contributed by atoms with Crippen molar-refractivity contribution in [2.75, 3.05) is 13.2 Å². The van der Waals surface area contributed by atoms with Gasteiger partial charge in [-0.25, -0.2) is 0 Å². The molecule has 0 aromatic heterocycles. The number of benzene rings is 2. The summed E-state index contributed by atoms with van der Waals surface area (Å²) in [7, 11) is 0. The number of hydrogen-bond donors (Lipinski definition) is 2. The predicted molar refractivity (Wildman–Crippen MR) is 115 cm³/mol. The Labute approximate surface area is 173 Å². The average molecular weight is 398 g/mol. The molecule has 0 radical (unpaired) electrons. The average Bonchev–Trinajstić information content (AvgIpc) is 2.67. The molecule has 0 aliphatic rings. The summed E-state index contributed by atoms with van der Waals surface area (Å²) in [5.74, 6) is 0.681. The fraction of sp³-hybridized carbons (Fsp3) is 0.417. The third-order valence-electron chi connectivity index (χ3n) is 5.09. The van der Waals surface area contributed by atoms with Crippen molar-refractivity contribution in [3.8, 4) is 11.5 Å². The molecule has 0 heterocycles. The van der Waals surface area contributed by atoms with Crippen LogP contribution in [-0.2, 0) is 4.79 Å². The van der Waals surface area contributed by atoms with Gasteiger partial charge in [0.1, 0.15) is 11.5 Å². The molecule has 156 valence electrons. The van der Waals surface area contributed by atoms with Crippen LogP contribution in [0.2, 0.25) is 0 Å². The summed E-state index contributed by atoms with van der Waals surface area (Å²) in [4.78, 5) is 24.8. The number of ether oxygens (including phenoxy) is 1. The number of rotatable bonds is 9. The third kappa shape index (κ3) is 6.34. The molecule has 29 heavy (non-hydrogen) atoms. The second-order valence-electron chi connectivity index (χ2n) is 8.21. The number of aryl methyl sites for hydroxylation is 3. The van der Waals surface area contributed by atoms with Gasteiger partial charge in [-0.1, -0.05) is 26.0 Å². The summed E-state index contributed by atoms with van der Waals surface area (Å²) in [6.07, 6.45) is 1.38. The maximum absolute atomic E-state index is 12.5. The Balaban J connectivity index is 1.80. The van der Waals surface area contributed by atoms with Gasteiger partial charge in [0.15, 0.2) is 5.78 Å². The Morgan fingerprint density at radius 1 is 1.03 bits per heavy atom. The monoisotopic (exact) mass is 397 g/mol. The first-order valence-corrected chi connectivity index (χ1v) is 9.91. The van der Waals surface area contributed by atoms with E-state index in [1.54, 1.807) is 19.1 Å². The molecule has 0 fully saturated rings. The molecule has 1 amide bonds. The Morgan fingerprint density at radius 3 is 2.45 bits per heavy atom. The summed E-state index contributed by atoms with van der Waals surface area (Å²) in [5.41, 5.74) is 2.75. The van der Waals surface area contributed by atoms with E-state index in [-0.39, 0.29) is 24.0 Å². The molecule has 5 heteroatoms. The Hall–Kier alpha value is -2.82. The molecule has 0 aliphatic carbocycles. The van der Waals surface area contributed by atoms with E-state index < -0.39 is 5.41 Å². The number of aromatic hydroxyl groups is 1. The van der Waals surface area contributed by atoms with Gasteiger partial charge in [0.25, 0.3) is 0 Å². The lowest BCUT2D eigenvalue weighted by Gasteiger charge is -2.23. The molecule has 0 aliphatic heterocycles. The van der Waals surface area contributed by atoms with Gasteiger partial charge in [0, 0.05) is 11.0 Å². The van der Waals surface area contributed by atoms with Gasteiger partial charge in [-0.15, -0.1) is 0 Å². The summed E-state index contributed by atoms with van der Waals surface area (Å²) < 4.78 is 5.86. The number of phenolic OH excluding ortho intramolecular Hbond substituents is 1. The molecule has 0 saturated carbocycles. The number of carbonyl (C=O) groups is 2. The van der Waals surface area contributed by atoms with E-state index in [1.807, 2.05) is 39.8 Å². The first-order chi connectivity index (χ1) is 13.6. The zero-order chi connectivity index (χ0) is 21.6. The van der Waals surface area contributed by atoms with E-state index in [9.17, 15) is 14.7 Å². The highest BCUT2D eigenvalue weighted by molar-refractivity contribution is 6.00. The second kappa shape index (κ2) is 9.59. The Morgan fingerprint density at radius 2 is 1.76 bits per heavy atom. The first-order valence-electron chi connectivity index (χ1n) is 9.91. The standard InChI is InChI=1S/C24H31NO4/c1-16-7-8-17(2)22(13-16)29-12-6-11-24(4,5)23(28)25-15-21(27)19-9-10-20(26)18(3)14-19/h7-10,13-14,26H,6,11-12,15H2,1-5H3,(H,25,28). The topological polar surface area (TPSA) is 75.6 Å². The molecule has 2 aromatic carbocycles. The summed E-state index contributed by atoms with van der Waals surface area (Å²) in [6, 6.07) is 10.8. The Kier molecular flexibility index (Phi) is 7.43. The fourth-order valence-electron chi connectivity index (χ4n) is 3.00. The maximum Gasteiger partial charge on any atom is 0.226 e. The van der Waals surface area contributed by atoms with E-state index >= 15 is 0 Å². The van der Waals surface area contributed by atoms with Gasteiger partial charge in [-0.2, -0.15) is 0 Å². The van der Waals surface area contributed by atoms with Crippen LogP contribution in [0.4, 0.5) is 0 Å². The minimum atomic E-state index is -0.601. The first kappa shape index (κ1) is 22.5. The van der Waals surface area contributed by atoms with Crippen LogP contribution < -0.4 is 10.1 Å². The molecular weight excluding hydrogens is 366 g/mol. The molecule has 0 unspecified atom stereocenters.